The van der Waals surface area contributed by atoms with Crippen LogP contribution in [0.3, 0.4) is 0 Å². The van der Waals surface area contributed by atoms with Crippen molar-refractivity contribution in [2.45, 2.75) is 26.3 Å². The molecule has 3 aromatic heterocycles. The van der Waals surface area contributed by atoms with E-state index in [-0.39, 0.29) is 0 Å². The number of fused-ring (bicyclic) bond motifs is 1. The van der Waals surface area contributed by atoms with Crippen LogP contribution in [0.15, 0.2) is 79.3 Å². The van der Waals surface area contributed by atoms with Crippen molar-refractivity contribution in [2.24, 2.45) is 0 Å². The van der Waals surface area contributed by atoms with Gasteiger partial charge in [0.2, 0.25) is 0 Å². The lowest BCUT2D eigenvalue weighted by atomic mass is 10.0. The first-order chi connectivity index (χ1) is 16.7. The number of carbonyl (C=O) groups excluding carboxylic acids is 1. The molecule has 34 heavy (non-hydrogen) atoms. The molecule has 0 atom stereocenters. The first-order valence-electron chi connectivity index (χ1n) is 11.5. The maximum Gasteiger partial charge on any atom is 0.267 e. The zero-order valence-electron chi connectivity index (χ0n) is 19.3. The highest BCUT2D eigenvalue weighted by atomic mass is 16.5. The largest absolute Gasteiger partial charge is 0.299 e. The van der Waals surface area contributed by atoms with Crippen LogP contribution in [-0.2, 0) is 17.8 Å². The number of hydrogen-bond donors (Lipinski definition) is 2. The molecular formula is C27H29N5O2. The van der Waals surface area contributed by atoms with Crippen LogP contribution < -0.4 is 5.48 Å². The summed E-state index contributed by atoms with van der Waals surface area (Å²) in [6.45, 7) is 4.95. The minimum Gasteiger partial charge on any atom is -0.299 e. The fourth-order valence-electron chi connectivity index (χ4n) is 4.09. The van der Waals surface area contributed by atoms with Gasteiger partial charge >= 0.3 is 0 Å². The van der Waals surface area contributed by atoms with Crippen molar-refractivity contribution in [2.75, 3.05) is 13.1 Å². The predicted octanol–water partition coefficient (Wildman–Crippen LogP) is 4.37. The van der Waals surface area contributed by atoms with Crippen LogP contribution in [0.2, 0.25) is 0 Å². The second-order valence-corrected chi connectivity index (χ2v) is 8.18. The Morgan fingerprint density at radius 3 is 2.71 bits per heavy atom. The Labute approximate surface area is 199 Å². The highest BCUT2D eigenvalue weighted by Gasteiger charge is 2.16. The monoisotopic (exact) mass is 455 g/mol. The normalized spacial score (nSPS) is 11.5. The molecule has 0 bridgehead atoms. The molecule has 0 saturated carbocycles. The van der Waals surface area contributed by atoms with Gasteiger partial charge in [-0.15, -0.1) is 0 Å². The predicted molar refractivity (Wildman–Crippen MR) is 133 cm³/mol. The molecule has 174 valence electrons. The van der Waals surface area contributed by atoms with Gasteiger partial charge in [-0.2, -0.15) is 5.10 Å². The first kappa shape index (κ1) is 23.4. The maximum atomic E-state index is 11.2. The number of nitrogens with zero attached hydrogens (tertiary/aromatic N) is 4. The van der Waals surface area contributed by atoms with Gasteiger partial charge in [-0.3, -0.25) is 19.9 Å². The van der Waals surface area contributed by atoms with Gasteiger partial charge in [-0.05, 0) is 60.9 Å². The summed E-state index contributed by atoms with van der Waals surface area (Å²) in [6, 6.07) is 18.3. The molecule has 1 aromatic carbocycles. The molecule has 0 spiro atoms. The van der Waals surface area contributed by atoms with Crippen molar-refractivity contribution in [3.05, 3.63) is 96.0 Å². The topological polar surface area (TPSA) is 82.8 Å². The van der Waals surface area contributed by atoms with E-state index in [0.29, 0.717) is 0 Å². The van der Waals surface area contributed by atoms with Gasteiger partial charge in [-0.1, -0.05) is 37.3 Å². The van der Waals surface area contributed by atoms with Gasteiger partial charge in [-0.25, -0.2) is 10.00 Å². The van der Waals surface area contributed by atoms with Crippen molar-refractivity contribution < 1.29 is 10.0 Å². The van der Waals surface area contributed by atoms with E-state index in [4.69, 9.17) is 10.3 Å². The first-order valence-corrected chi connectivity index (χ1v) is 11.5. The number of hydrogen-bond acceptors (Lipinski definition) is 5. The minimum absolute atomic E-state index is 0.545. The number of hydroxylamine groups is 1. The van der Waals surface area contributed by atoms with Crippen LogP contribution in [0.1, 0.15) is 30.0 Å². The second kappa shape index (κ2) is 11.4. The smallest absolute Gasteiger partial charge is 0.267 e. The Kier molecular flexibility index (Phi) is 7.80. The Balaban J connectivity index is 1.50. The molecule has 0 aliphatic carbocycles. The van der Waals surface area contributed by atoms with Crippen LogP contribution in [0.25, 0.3) is 22.9 Å². The summed E-state index contributed by atoms with van der Waals surface area (Å²) < 4.78 is 1.95. The van der Waals surface area contributed by atoms with E-state index in [1.165, 1.54) is 17.2 Å². The Hall–Kier alpha value is -3.81. The second-order valence-electron chi connectivity index (χ2n) is 8.18. The van der Waals surface area contributed by atoms with Crippen LogP contribution in [0.5, 0.6) is 0 Å². The fourth-order valence-corrected chi connectivity index (χ4v) is 4.09. The molecule has 0 fully saturated rings. The zero-order valence-corrected chi connectivity index (χ0v) is 19.3. The molecule has 4 rings (SSSR count). The Bertz CT molecular complexity index is 1250. The lowest BCUT2D eigenvalue weighted by Gasteiger charge is -2.22. The molecule has 2 N–H and O–H groups in total. The van der Waals surface area contributed by atoms with Gasteiger partial charge in [0, 0.05) is 48.9 Å². The van der Waals surface area contributed by atoms with Crippen molar-refractivity contribution in [3.8, 4) is 11.3 Å². The number of amides is 1. The van der Waals surface area contributed by atoms with Crippen molar-refractivity contribution >= 4 is 17.5 Å². The average Bonchev–Trinajstić information content (AvgIpc) is 3.26. The van der Waals surface area contributed by atoms with E-state index < -0.39 is 5.91 Å². The Morgan fingerprint density at radius 1 is 1.12 bits per heavy atom. The Morgan fingerprint density at radius 2 is 1.97 bits per heavy atom. The molecule has 1 amide bonds. The summed E-state index contributed by atoms with van der Waals surface area (Å²) in [6.07, 6.45) is 10.6. The molecule has 0 aliphatic heterocycles. The molecule has 3 heterocycles. The average molecular weight is 456 g/mol. The molecule has 0 unspecified atom stereocenters. The third-order valence-corrected chi connectivity index (χ3v) is 5.72. The highest BCUT2D eigenvalue weighted by molar-refractivity contribution is 5.90. The number of benzene rings is 1. The van der Waals surface area contributed by atoms with E-state index in [9.17, 15) is 4.79 Å². The molecule has 7 heteroatoms. The summed E-state index contributed by atoms with van der Waals surface area (Å²) in [5.74, 6) is -0.545. The summed E-state index contributed by atoms with van der Waals surface area (Å²) >= 11 is 0. The fraction of sp³-hybridized carbons (Fsp3) is 0.222. The van der Waals surface area contributed by atoms with Gasteiger partial charge in [0.1, 0.15) is 0 Å². The zero-order chi connectivity index (χ0) is 23.8. The third-order valence-electron chi connectivity index (χ3n) is 5.72. The van der Waals surface area contributed by atoms with Crippen molar-refractivity contribution in [1.82, 2.24) is 25.0 Å². The third kappa shape index (κ3) is 5.75. The summed E-state index contributed by atoms with van der Waals surface area (Å²) in [4.78, 5) is 17.9. The summed E-state index contributed by atoms with van der Waals surface area (Å²) in [5.41, 5.74) is 8.09. The quantitative estimate of drug-likeness (QED) is 0.211. The number of nitrogens with one attached hydrogen (secondary N) is 1. The van der Waals surface area contributed by atoms with E-state index in [0.717, 1.165) is 54.8 Å². The van der Waals surface area contributed by atoms with E-state index >= 15 is 0 Å². The summed E-state index contributed by atoms with van der Waals surface area (Å²) in [7, 11) is 0. The molecular weight excluding hydrogens is 426 g/mol. The molecule has 0 radical (unpaired) electrons. The van der Waals surface area contributed by atoms with E-state index in [1.807, 2.05) is 41.2 Å². The lowest BCUT2D eigenvalue weighted by molar-refractivity contribution is -0.124. The molecule has 4 aromatic rings. The highest BCUT2D eigenvalue weighted by Crippen LogP contribution is 2.26. The molecule has 7 nitrogen and oxygen atoms in total. The van der Waals surface area contributed by atoms with Gasteiger partial charge in [0.05, 0.1) is 11.2 Å². The van der Waals surface area contributed by atoms with Crippen molar-refractivity contribution in [1.29, 1.82) is 0 Å². The van der Waals surface area contributed by atoms with Crippen LogP contribution in [-0.4, -0.2) is 43.7 Å². The number of pyridine rings is 2. The van der Waals surface area contributed by atoms with Crippen LogP contribution >= 0.6 is 0 Å². The molecule has 0 aliphatic rings. The SMILES string of the molecule is CCCN(CCc1c(-c2cccnc2)nn2ccccc12)Cc1ccc(/C=C/C(=O)NO)cc1. The van der Waals surface area contributed by atoms with Crippen LogP contribution in [0, 0.1) is 0 Å². The van der Waals surface area contributed by atoms with Crippen molar-refractivity contribution in [3.63, 3.8) is 0 Å². The van der Waals surface area contributed by atoms with Crippen LogP contribution in [0.4, 0.5) is 0 Å². The minimum atomic E-state index is -0.545. The van der Waals surface area contributed by atoms with Gasteiger partial charge in [0.25, 0.3) is 5.91 Å². The van der Waals surface area contributed by atoms with Gasteiger partial charge < -0.3 is 0 Å². The summed E-state index contributed by atoms with van der Waals surface area (Å²) in [5, 5.41) is 13.4. The van der Waals surface area contributed by atoms with Gasteiger partial charge in [0.15, 0.2) is 0 Å². The molecule has 0 saturated heterocycles. The lowest BCUT2D eigenvalue weighted by Crippen LogP contribution is -2.26. The van der Waals surface area contributed by atoms with E-state index in [1.54, 1.807) is 17.8 Å². The number of carbonyl (C=O) groups is 1. The van der Waals surface area contributed by atoms with E-state index in [2.05, 4.69) is 47.1 Å². The number of rotatable bonds is 10. The standard InChI is InChI=1S/C27H29N5O2/c1-2-16-31(20-22-10-8-21(9-11-22)12-13-26(33)30-34)18-14-24-25-7-3-4-17-32(25)29-27(24)23-6-5-15-28-19-23/h3-13,15,17,19,34H,2,14,16,18,20H2,1H3,(H,30,33)/b13-12+. The number of aromatic nitrogens is 3. The maximum absolute atomic E-state index is 11.2.